The molecule has 27 heavy (non-hydrogen) atoms. The van der Waals surface area contributed by atoms with Gasteiger partial charge in [-0.2, -0.15) is 5.10 Å². The zero-order valence-electron chi connectivity index (χ0n) is 14.2. The average molecular weight is 399 g/mol. The van der Waals surface area contributed by atoms with Gasteiger partial charge in [0, 0.05) is 21.2 Å². The monoisotopic (exact) mass is 398 g/mol. The van der Waals surface area contributed by atoms with Crippen molar-refractivity contribution in [1.29, 1.82) is 0 Å². The van der Waals surface area contributed by atoms with Gasteiger partial charge >= 0.3 is 0 Å². The largest absolute Gasteiger partial charge is 0.507 e. The molecule has 2 N–H and O–H groups in total. The van der Waals surface area contributed by atoms with Crippen molar-refractivity contribution in [3.63, 3.8) is 0 Å². The van der Waals surface area contributed by atoms with Crippen molar-refractivity contribution >= 4 is 35.3 Å². The predicted octanol–water partition coefficient (Wildman–Crippen LogP) is 5.05. The molecule has 6 heteroatoms. The fourth-order valence-electron chi connectivity index (χ4n) is 2.51. The first-order valence-corrected chi connectivity index (χ1v) is 8.93. The van der Waals surface area contributed by atoms with Crippen LogP contribution in [0.1, 0.15) is 27.0 Å². The van der Waals surface area contributed by atoms with Crippen molar-refractivity contribution in [2.45, 2.75) is 6.42 Å². The number of phenolic OH excluding ortho intramolecular Hbond substituents is 1. The topological polar surface area (TPSA) is 61.7 Å². The number of carbonyl (C=O) groups excluding carboxylic acids is 1. The summed E-state index contributed by atoms with van der Waals surface area (Å²) in [5, 5.41) is 15.2. The summed E-state index contributed by atoms with van der Waals surface area (Å²) < 4.78 is 0. The van der Waals surface area contributed by atoms with Gasteiger partial charge in [0.2, 0.25) is 0 Å². The van der Waals surface area contributed by atoms with E-state index in [2.05, 4.69) is 10.5 Å². The maximum absolute atomic E-state index is 12.0. The van der Waals surface area contributed by atoms with Crippen LogP contribution in [0, 0.1) is 0 Å². The van der Waals surface area contributed by atoms with Gasteiger partial charge in [0.25, 0.3) is 5.91 Å². The number of hydrogen-bond donors (Lipinski definition) is 2. The van der Waals surface area contributed by atoms with E-state index in [1.807, 2.05) is 30.3 Å². The molecule has 0 aliphatic rings. The van der Waals surface area contributed by atoms with E-state index in [-0.39, 0.29) is 11.7 Å². The number of benzene rings is 3. The zero-order valence-corrected chi connectivity index (χ0v) is 15.7. The Labute approximate surface area is 167 Å². The second-order valence-corrected chi connectivity index (χ2v) is 6.71. The Kier molecular flexibility index (Phi) is 6.12. The summed E-state index contributed by atoms with van der Waals surface area (Å²) in [6, 6.07) is 19.3. The first-order valence-electron chi connectivity index (χ1n) is 8.17. The summed E-state index contributed by atoms with van der Waals surface area (Å²) in [4.78, 5) is 12.0. The fourth-order valence-corrected chi connectivity index (χ4v) is 2.83. The van der Waals surface area contributed by atoms with Crippen molar-refractivity contribution in [3.8, 4) is 5.75 Å². The molecule has 0 heterocycles. The van der Waals surface area contributed by atoms with Crippen LogP contribution in [-0.4, -0.2) is 17.2 Å². The van der Waals surface area contributed by atoms with Crippen LogP contribution in [0.15, 0.2) is 71.8 Å². The van der Waals surface area contributed by atoms with E-state index in [0.29, 0.717) is 27.6 Å². The Bertz CT molecular complexity index is 986. The van der Waals surface area contributed by atoms with Crippen molar-refractivity contribution in [2.75, 3.05) is 0 Å². The summed E-state index contributed by atoms with van der Waals surface area (Å²) >= 11 is 12.0. The molecule has 0 bridgehead atoms. The van der Waals surface area contributed by atoms with Crippen LogP contribution in [0.25, 0.3) is 0 Å². The Balaban J connectivity index is 1.70. The Morgan fingerprint density at radius 2 is 1.78 bits per heavy atom. The van der Waals surface area contributed by atoms with E-state index >= 15 is 0 Å². The second kappa shape index (κ2) is 8.71. The van der Waals surface area contributed by atoms with Gasteiger partial charge in [0.1, 0.15) is 5.75 Å². The lowest BCUT2D eigenvalue weighted by Gasteiger charge is -2.07. The predicted molar refractivity (Wildman–Crippen MR) is 109 cm³/mol. The first kappa shape index (κ1) is 19.0. The van der Waals surface area contributed by atoms with Crippen LogP contribution in [-0.2, 0) is 6.42 Å². The molecule has 0 saturated heterocycles. The smallest absolute Gasteiger partial charge is 0.271 e. The molecule has 3 aromatic carbocycles. The van der Waals surface area contributed by atoms with Crippen molar-refractivity contribution in [2.24, 2.45) is 5.10 Å². The Morgan fingerprint density at radius 1 is 1.04 bits per heavy atom. The summed E-state index contributed by atoms with van der Waals surface area (Å²) in [5.74, 6) is -0.294. The number of nitrogens with one attached hydrogen (secondary N) is 1. The minimum Gasteiger partial charge on any atom is -0.507 e. The molecule has 0 spiro atoms. The number of carbonyl (C=O) groups is 1. The number of hydrogen-bond acceptors (Lipinski definition) is 3. The standard InChI is InChI=1S/C21H16Cl2N2O2/c22-18-8-6-15(7-9-18)21(27)25-24-13-17-12-14(5-10-20(17)26)11-16-3-1-2-4-19(16)23/h1-10,12-13,26H,11H2,(H,25,27)/b24-13-. The maximum Gasteiger partial charge on any atom is 0.271 e. The lowest BCUT2D eigenvalue weighted by Crippen LogP contribution is -2.17. The van der Waals surface area contributed by atoms with E-state index < -0.39 is 0 Å². The Hall–Kier alpha value is -2.82. The fraction of sp³-hybridized carbons (Fsp3) is 0.0476. The second-order valence-electron chi connectivity index (χ2n) is 5.87. The van der Waals surface area contributed by atoms with Crippen LogP contribution in [0.2, 0.25) is 10.0 Å². The van der Waals surface area contributed by atoms with Crippen LogP contribution >= 0.6 is 23.2 Å². The van der Waals surface area contributed by atoms with E-state index in [4.69, 9.17) is 23.2 Å². The molecule has 0 saturated carbocycles. The lowest BCUT2D eigenvalue weighted by molar-refractivity contribution is 0.0955. The normalized spacial score (nSPS) is 10.9. The molecule has 0 aliphatic carbocycles. The van der Waals surface area contributed by atoms with Crippen LogP contribution in [0.3, 0.4) is 0 Å². The van der Waals surface area contributed by atoms with Crippen molar-refractivity contribution in [1.82, 2.24) is 5.43 Å². The molecule has 3 aromatic rings. The Morgan fingerprint density at radius 3 is 2.52 bits per heavy atom. The van der Waals surface area contributed by atoms with Gasteiger partial charge in [-0.25, -0.2) is 5.43 Å². The third-order valence-corrected chi connectivity index (χ3v) is 4.54. The molecule has 3 rings (SSSR count). The number of amides is 1. The molecular weight excluding hydrogens is 383 g/mol. The van der Waals surface area contributed by atoms with Gasteiger partial charge in [-0.3, -0.25) is 4.79 Å². The molecule has 0 radical (unpaired) electrons. The lowest BCUT2D eigenvalue weighted by atomic mass is 10.0. The highest BCUT2D eigenvalue weighted by molar-refractivity contribution is 6.31. The van der Waals surface area contributed by atoms with E-state index in [9.17, 15) is 9.90 Å². The van der Waals surface area contributed by atoms with Gasteiger partial charge in [-0.05, 0) is 60.0 Å². The van der Waals surface area contributed by atoms with Gasteiger partial charge in [-0.1, -0.05) is 47.5 Å². The SMILES string of the molecule is O=C(N/N=C\c1cc(Cc2ccccc2Cl)ccc1O)c1ccc(Cl)cc1. The number of hydrazone groups is 1. The number of rotatable bonds is 5. The number of halogens is 2. The molecule has 0 atom stereocenters. The summed E-state index contributed by atoms with van der Waals surface area (Å²) in [7, 11) is 0. The number of nitrogens with zero attached hydrogens (tertiary/aromatic N) is 1. The third kappa shape index (κ3) is 5.09. The van der Waals surface area contributed by atoms with Crippen LogP contribution in [0.5, 0.6) is 5.75 Å². The van der Waals surface area contributed by atoms with Crippen LogP contribution < -0.4 is 5.43 Å². The van der Waals surface area contributed by atoms with Gasteiger partial charge in [0.15, 0.2) is 0 Å². The first-order chi connectivity index (χ1) is 13.0. The summed E-state index contributed by atoms with van der Waals surface area (Å²) in [6.45, 7) is 0. The van der Waals surface area contributed by atoms with Crippen molar-refractivity contribution < 1.29 is 9.90 Å². The molecule has 4 nitrogen and oxygen atoms in total. The van der Waals surface area contributed by atoms with E-state index in [1.54, 1.807) is 36.4 Å². The molecular formula is C21H16Cl2N2O2. The summed E-state index contributed by atoms with van der Waals surface area (Å²) in [5.41, 5.74) is 5.32. The van der Waals surface area contributed by atoms with E-state index in [1.165, 1.54) is 6.21 Å². The molecule has 0 aromatic heterocycles. The molecule has 0 aliphatic heterocycles. The number of aromatic hydroxyl groups is 1. The highest BCUT2D eigenvalue weighted by Gasteiger charge is 2.06. The average Bonchev–Trinajstić information content (AvgIpc) is 2.66. The van der Waals surface area contributed by atoms with Crippen LogP contribution in [0.4, 0.5) is 0 Å². The minimum atomic E-state index is -0.366. The highest BCUT2D eigenvalue weighted by Crippen LogP contribution is 2.22. The van der Waals surface area contributed by atoms with Gasteiger partial charge < -0.3 is 5.11 Å². The van der Waals surface area contributed by atoms with Crippen molar-refractivity contribution in [3.05, 3.63) is 99.0 Å². The minimum absolute atomic E-state index is 0.0717. The quantitative estimate of drug-likeness (QED) is 0.466. The highest BCUT2D eigenvalue weighted by atomic mass is 35.5. The zero-order chi connectivity index (χ0) is 19.2. The molecule has 0 unspecified atom stereocenters. The molecule has 136 valence electrons. The van der Waals surface area contributed by atoms with Gasteiger partial charge in [0.05, 0.1) is 6.21 Å². The third-order valence-electron chi connectivity index (χ3n) is 3.92. The number of phenols is 1. The van der Waals surface area contributed by atoms with Gasteiger partial charge in [-0.15, -0.1) is 0 Å². The summed E-state index contributed by atoms with van der Waals surface area (Å²) in [6.07, 6.45) is 2.02. The van der Waals surface area contributed by atoms with E-state index in [0.717, 1.165) is 11.1 Å². The maximum atomic E-state index is 12.0. The molecule has 0 fully saturated rings. The molecule has 1 amide bonds.